The van der Waals surface area contributed by atoms with Gasteiger partial charge < -0.3 is 20.3 Å². The maximum atomic E-state index is 12.4. The molecule has 6 nitrogen and oxygen atoms in total. The van der Waals surface area contributed by atoms with E-state index >= 15 is 0 Å². The van der Waals surface area contributed by atoms with Crippen LogP contribution in [0.5, 0.6) is 0 Å². The van der Waals surface area contributed by atoms with Gasteiger partial charge in [-0.1, -0.05) is 316 Å². The second-order valence-electron chi connectivity index (χ2n) is 21.4. The first-order chi connectivity index (χ1) is 33.0. The van der Waals surface area contributed by atoms with Gasteiger partial charge in [0.05, 0.1) is 25.4 Å². The van der Waals surface area contributed by atoms with Crippen LogP contribution in [-0.2, 0) is 14.3 Å². The molecular formula is C61H121NO5. The number of esters is 1. The van der Waals surface area contributed by atoms with E-state index in [1.54, 1.807) is 0 Å². The Morgan fingerprint density at radius 3 is 0.910 bits per heavy atom. The molecule has 0 fully saturated rings. The molecule has 6 heteroatoms. The molecule has 0 saturated heterocycles. The third-order valence-corrected chi connectivity index (χ3v) is 14.7. The predicted octanol–water partition coefficient (Wildman–Crippen LogP) is 19.1. The Bertz CT molecular complexity index is 959. The van der Waals surface area contributed by atoms with Crippen molar-refractivity contribution < 1.29 is 24.5 Å². The molecule has 1 amide bonds. The second kappa shape index (κ2) is 57.4. The fourth-order valence-corrected chi connectivity index (χ4v) is 9.94. The summed E-state index contributed by atoms with van der Waals surface area (Å²) >= 11 is 0. The van der Waals surface area contributed by atoms with Gasteiger partial charge in [-0.3, -0.25) is 9.59 Å². The van der Waals surface area contributed by atoms with E-state index in [0.717, 1.165) is 38.5 Å². The van der Waals surface area contributed by atoms with E-state index in [0.29, 0.717) is 25.9 Å². The van der Waals surface area contributed by atoms with Crippen molar-refractivity contribution in [2.45, 2.75) is 366 Å². The zero-order chi connectivity index (χ0) is 48.6. The lowest BCUT2D eigenvalue weighted by Gasteiger charge is -2.22. The highest BCUT2D eigenvalue weighted by Crippen LogP contribution is 2.18. The first kappa shape index (κ1) is 65.9. The van der Waals surface area contributed by atoms with Crippen molar-refractivity contribution in [3.63, 3.8) is 0 Å². The highest BCUT2D eigenvalue weighted by molar-refractivity contribution is 5.76. The van der Waals surface area contributed by atoms with Crippen molar-refractivity contribution in [1.82, 2.24) is 5.32 Å². The van der Waals surface area contributed by atoms with E-state index < -0.39 is 12.1 Å². The summed E-state index contributed by atoms with van der Waals surface area (Å²) in [6.45, 7) is 4.97. The molecule has 0 bridgehead atoms. The average molecular weight is 949 g/mol. The molecule has 0 radical (unpaired) electrons. The van der Waals surface area contributed by atoms with Crippen molar-refractivity contribution in [3.8, 4) is 0 Å². The second-order valence-corrected chi connectivity index (χ2v) is 21.4. The molecule has 0 aromatic rings. The fraction of sp³-hybridized carbons (Fsp3) is 0.967. The number of hydrogen-bond acceptors (Lipinski definition) is 5. The number of aliphatic hydroxyl groups excluding tert-OH is 2. The fourth-order valence-electron chi connectivity index (χ4n) is 9.94. The number of amides is 1. The van der Waals surface area contributed by atoms with Crippen LogP contribution in [0.2, 0.25) is 0 Å². The van der Waals surface area contributed by atoms with Crippen LogP contribution in [0.1, 0.15) is 354 Å². The molecule has 67 heavy (non-hydrogen) atoms. The SMILES string of the molecule is CCCCCCCCCCCCCCCCC(=O)OCCCCCCCCCCCCCCCCCCCCCCCCCCCC(=O)NC(CO)C(O)CCCCCCCCCCCCC. The third kappa shape index (κ3) is 54.0. The lowest BCUT2D eigenvalue weighted by atomic mass is 10.0. The van der Waals surface area contributed by atoms with Gasteiger partial charge in [-0.25, -0.2) is 0 Å². The number of carbonyl (C=O) groups excluding carboxylic acids is 2. The number of aliphatic hydroxyl groups is 2. The van der Waals surface area contributed by atoms with Gasteiger partial charge >= 0.3 is 5.97 Å². The van der Waals surface area contributed by atoms with Crippen molar-refractivity contribution in [2.24, 2.45) is 0 Å². The van der Waals surface area contributed by atoms with E-state index in [4.69, 9.17) is 4.74 Å². The zero-order valence-corrected chi connectivity index (χ0v) is 45.7. The Kier molecular flexibility index (Phi) is 56.5. The summed E-state index contributed by atoms with van der Waals surface area (Å²) < 4.78 is 5.49. The molecule has 400 valence electrons. The quantitative estimate of drug-likeness (QED) is 0.0417. The van der Waals surface area contributed by atoms with Crippen LogP contribution in [0.4, 0.5) is 0 Å². The van der Waals surface area contributed by atoms with Crippen LogP contribution >= 0.6 is 0 Å². The lowest BCUT2D eigenvalue weighted by Crippen LogP contribution is -2.45. The molecule has 2 atom stereocenters. The number of hydrogen-bond donors (Lipinski definition) is 3. The van der Waals surface area contributed by atoms with Gasteiger partial charge in [-0.15, -0.1) is 0 Å². The Balaban J connectivity index is 3.32. The van der Waals surface area contributed by atoms with E-state index in [1.165, 1.54) is 283 Å². The minimum Gasteiger partial charge on any atom is -0.466 e. The molecule has 0 aliphatic carbocycles. The predicted molar refractivity (Wildman–Crippen MR) is 292 cm³/mol. The van der Waals surface area contributed by atoms with Crippen LogP contribution < -0.4 is 5.32 Å². The minimum absolute atomic E-state index is 0.0194. The highest BCUT2D eigenvalue weighted by atomic mass is 16.5. The highest BCUT2D eigenvalue weighted by Gasteiger charge is 2.20. The van der Waals surface area contributed by atoms with Crippen LogP contribution in [0.15, 0.2) is 0 Å². The standard InChI is InChI=1S/C61H121NO5/c1-3-5-7-9-11-13-15-16-31-35-39-43-47-51-55-61(66)67-56-52-48-44-40-36-32-29-27-25-23-21-19-17-18-20-22-24-26-28-30-34-38-42-46-50-54-60(65)62-58(57-63)59(64)53-49-45-41-37-33-14-12-10-8-6-4-2/h58-59,63-64H,3-57H2,1-2H3,(H,62,65). The van der Waals surface area contributed by atoms with Gasteiger partial charge in [0.25, 0.3) is 0 Å². The smallest absolute Gasteiger partial charge is 0.305 e. The molecule has 3 N–H and O–H groups in total. The van der Waals surface area contributed by atoms with Crippen molar-refractivity contribution in [3.05, 3.63) is 0 Å². The first-order valence-corrected chi connectivity index (χ1v) is 30.8. The number of rotatable bonds is 58. The molecule has 0 spiro atoms. The van der Waals surface area contributed by atoms with E-state index in [1.807, 2.05) is 0 Å². The Morgan fingerprint density at radius 2 is 0.612 bits per heavy atom. The maximum Gasteiger partial charge on any atom is 0.305 e. The summed E-state index contributed by atoms with van der Waals surface area (Å²) in [5, 5.41) is 23.2. The van der Waals surface area contributed by atoms with Crippen LogP contribution in [0.25, 0.3) is 0 Å². The van der Waals surface area contributed by atoms with Crippen molar-refractivity contribution >= 4 is 11.9 Å². The summed E-state index contributed by atoms with van der Waals surface area (Å²) in [4.78, 5) is 24.5. The molecule has 0 aliphatic heterocycles. The van der Waals surface area contributed by atoms with Crippen LogP contribution in [0, 0.1) is 0 Å². The summed E-state index contributed by atoms with van der Waals surface area (Å²) in [5.74, 6) is -0.0128. The Labute approximate surface area is 419 Å². The molecule has 0 rings (SSSR count). The van der Waals surface area contributed by atoms with Gasteiger partial charge in [0.1, 0.15) is 0 Å². The van der Waals surface area contributed by atoms with Gasteiger partial charge in [-0.2, -0.15) is 0 Å². The molecule has 0 heterocycles. The molecular weight excluding hydrogens is 827 g/mol. The van der Waals surface area contributed by atoms with E-state index in [-0.39, 0.29) is 18.5 Å². The normalized spacial score (nSPS) is 12.5. The number of carbonyl (C=O) groups is 2. The van der Waals surface area contributed by atoms with Gasteiger partial charge in [0, 0.05) is 12.8 Å². The summed E-state index contributed by atoms with van der Waals surface area (Å²) in [6.07, 6.45) is 66.9. The van der Waals surface area contributed by atoms with Crippen LogP contribution in [0.3, 0.4) is 0 Å². The molecule has 0 aliphatic rings. The number of unbranched alkanes of at least 4 members (excludes halogenated alkanes) is 47. The summed E-state index contributed by atoms with van der Waals surface area (Å²) in [7, 11) is 0. The molecule has 0 aromatic heterocycles. The largest absolute Gasteiger partial charge is 0.466 e. The van der Waals surface area contributed by atoms with E-state index in [2.05, 4.69) is 19.2 Å². The number of ether oxygens (including phenoxy) is 1. The lowest BCUT2D eigenvalue weighted by molar-refractivity contribution is -0.143. The summed E-state index contributed by atoms with van der Waals surface area (Å²) in [6, 6.07) is -0.537. The van der Waals surface area contributed by atoms with E-state index in [9.17, 15) is 19.8 Å². The monoisotopic (exact) mass is 948 g/mol. The minimum atomic E-state index is -0.660. The van der Waals surface area contributed by atoms with Crippen LogP contribution in [-0.4, -0.2) is 47.4 Å². The van der Waals surface area contributed by atoms with Gasteiger partial charge in [0.2, 0.25) is 5.91 Å². The zero-order valence-electron chi connectivity index (χ0n) is 45.7. The maximum absolute atomic E-state index is 12.4. The van der Waals surface area contributed by atoms with Crippen molar-refractivity contribution in [2.75, 3.05) is 13.2 Å². The average Bonchev–Trinajstić information content (AvgIpc) is 3.33. The summed E-state index contributed by atoms with van der Waals surface area (Å²) in [5.41, 5.74) is 0. The molecule has 0 saturated carbocycles. The van der Waals surface area contributed by atoms with Gasteiger partial charge in [0.15, 0.2) is 0 Å². The Hall–Kier alpha value is -1.14. The number of nitrogens with one attached hydrogen (secondary N) is 1. The molecule has 2 unspecified atom stereocenters. The molecule has 0 aromatic carbocycles. The topological polar surface area (TPSA) is 95.9 Å². The third-order valence-electron chi connectivity index (χ3n) is 14.7. The Morgan fingerprint density at radius 1 is 0.358 bits per heavy atom. The van der Waals surface area contributed by atoms with Gasteiger partial charge in [-0.05, 0) is 25.7 Å². The first-order valence-electron chi connectivity index (χ1n) is 30.8. The van der Waals surface area contributed by atoms with Crippen molar-refractivity contribution in [1.29, 1.82) is 0 Å².